The largest absolute Gasteiger partial charge is 0.359 e. The van der Waals surface area contributed by atoms with Crippen molar-refractivity contribution in [1.82, 2.24) is 24.7 Å². The Balaban J connectivity index is 1.58. The lowest BCUT2D eigenvalue weighted by atomic mass is 10.2. The van der Waals surface area contributed by atoms with Gasteiger partial charge in [-0.1, -0.05) is 11.6 Å². The van der Waals surface area contributed by atoms with Crippen LogP contribution in [0.1, 0.15) is 16.1 Å². The Bertz CT molecular complexity index is 1020. The number of H-pyrrole nitrogens is 1. The van der Waals surface area contributed by atoms with Gasteiger partial charge in [0.2, 0.25) is 0 Å². The van der Waals surface area contributed by atoms with Gasteiger partial charge in [-0.05, 0) is 24.3 Å². The molecule has 0 atom stereocenters. The molecule has 0 fully saturated rings. The SMILES string of the molecule is O=C(NCc1ncn2ccc(Cl)cc12)c1c[nH]c2cccnc12. The van der Waals surface area contributed by atoms with E-state index >= 15 is 0 Å². The summed E-state index contributed by atoms with van der Waals surface area (Å²) in [7, 11) is 0. The molecule has 4 rings (SSSR count). The molecule has 23 heavy (non-hydrogen) atoms. The summed E-state index contributed by atoms with van der Waals surface area (Å²) in [6.45, 7) is 0.315. The molecule has 114 valence electrons. The average Bonchev–Trinajstić information content (AvgIpc) is 3.16. The second-order valence-electron chi connectivity index (χ2n) is 5.11. The number of rotatable bonds is 3. The number of hydrogen-bond acceptors (Lipinski definition) is 3. The third kappa shape index (κ3) is 2.43. The summed E-state index contributed by atoms with van der Waals surface area (Å²) in [4.78, 5) is 24.0. The van der Waals surface area contributed by atoms with Gasteiger partial charge in [0.15, 0.2) is 0 Å². The second-order valence-corrected chi connectivity index (χ2v) is 5.55. The van der Waals surface area contributed by atoms with E-state index < -0.39 is 0 Å². The number of amides is 1. The number of nitrogens with zero attached hydrogens (tertiary/aromatic N) is 3. The van der Waals surface area contributed by atoms with Crippen molar-refractivity contribution in [2.24, 2.45) is 0 Å². The zero-order valence-corrected chi connectivity index (χ0v) is 12.7. The van der Waals surface area contributed by atoms with Gasteiger partial charge in [-0.3, -0.25) is 9.78 Å². The molecule has 0 spiro atoms. The Hall–Kier alpha value is -2.86. The van der Waals surface area contributed by atoms with Crippen LogP contribution in [0.5, 0.6) is 0 Å². The molecule has 0 aliphatic heterocycles. The van der Waals surface area contributed by atoms with E-state index in [2.05, 4.69) is 20.3 Å². The van der Waals surface area contributed by atoms with Gasteiger partial charge in [0.1, 0.15) is 5.52 Å². The number of fused-ring (bicyclic) bond motifs is 2. The zero-order valence-electron chi connectivity index (χ0n) is 12.0. The zero-order chi connectivity index (χ0) is 15.8. The Morgan fingerprint density at radius 1 is 1.35 bits per heavy atom. The van der Waals surface area contributed by atoms with Gasteiger partial charge in [-0.25, -0.2) is 4.98 Å². The first-order chi connectivity index (χ1) is 11.2. The lowest BCUT2D eigenvalue weighted by molar-refractivity contribution is 0.0952. The highest BCUT2D eigenvalue weighted by molar-refractivity contribution is 6.30. The number of halogens is 1. The number of carbonyl (C=O) groups is 1. The van der Waals surface area contributed by atoms with Gasteiger partial charge in [0, 0.05) is 23.6 Å². The lowest BCUT2D eigenvalue weighted by Gasteiger charge is -2.03. The van der Waals surface area contributed by atoms with E-state index in [9.17, 15) is 4.79 Å². The van der Waals surface area contributed by atoms with Crippen LogP contribution in [0.4, 0.5) is 0 Å². The van der Waals surface area contributed by atoms with Crippen LogP contribution < -0.4 is 5.32 Å². The fourth-order valence-electron chi connectivity index (χ4n) is 2.54. The van der Waals surface area contributed by atoms with Gasteiger partial charge in [-0.2, -0.15) is 0 Å². The number of nitrogens with one attached hydrogen (secondary N) is 2. The molecule has 4 aromatic rings. The van der Waals surface area contributed by atoms with Gasteiger partial charge in [0.25, 0.3) is 5.91 Å². The van der Waals surface area contributed by atoms with Crippen molar-refractivity contribution in [2.45, 2.75) is 6.54 Å². The maximum absolute atomic E-state index is 12.4. The molecule has 7 heteroatoms. The first kappa shape index (κ1) is 13.8. The summed E-state index contributed by atoms with van der Waals surface area (Å²) < 4.78 is 1.86. The van der Waals surface area contributed by atoms with Gasteiger partial charge in [0.05, 0.1) is 35.2 Å². The molecule has 4 aromatic heterocycles. The minimum absolute atomic E-state index is 0.196. The summed E-state index contributed by atoms with van der Waals surface area (Å²) in [5.74, 6) is -0.196. The summed E-state index contributed by atoms with van der Waals surface area (Å²) in [5, 5.41) is 3.50. The number of carbonyl (C=O) groups excluding carboxylic acids is 1. The third-order valence-corrected chi connectivity index (χ3v) is 3.91. The molecule has 4 heterocycles. The standard InChI is InChI=1S/C16H12ClN5O/c17-10-3-5-22-9-21-13(14(22)6-10)8-20-16(23)11-7-19-12-2-1-4-18-15(11)12/h1-7,9,19H,8H2,(H,20,23). The average molecular weight is 326 g/mol. The van der Waals surface area contributed by atoms with Crippen LogP contribution in [0, 0.1) is 0 Å². The number of hydrogen-bond donors (Lipinski definition) is 2. The number of imidazole rings is 1. The van der Waals surface area contributed by atoms with E-state index in [4.69, 9.17) is 11.6 Å². The molecule has 0 unspecified atom stereocenters. The van der Waals surface area contributed by atoms with E-state index in [0.717, 1.165) is 16.7 Å². The van der Waals surface area contributed by atoms with Crippen molar-refractivity contribution in [1.29, 1.82) is 0 Å². The van der Waals surface area contributed by atoms with E-state index in [-0.39, 0.29) is 5.91 Å². The first-order valence-electron chi connectivity index (χ1n) is 7.04. The molecule has 0 saturated carbocycles. The van der Waals surface area contributed by atoms with E-state index in [1.807, 2.05) is 28.8 Å². The number of aromatic nitrogens is 4. The Morgan fingerprint density at radius 2 is 2.26 bits per heavy atom. The summed E-state index contributed by atoms with van der Waals surface area (Å²) >= 11 is 6.02. The van der Waals surface area contributed by atoms with Crippen molar-refractivity contribution in [2.75, 3.05) is 0 Å². The van der Waals surface area contributed by atoms with E-state index in [0.29, 0.717) is 22.6 Å². The normalized spacial score (nSPS) is 11.2. The fourth-order valence-corrected chi connectivity index (χ4v) is 2.70. The predicted octanol–water partition coefficient (Wildman–Crippen LogP) is 2.79. The van der Waals surface area contributed by atoms with Crippen LogP contribution in [0.25, 0.3) is 16.6 Å². The van der Waals surface area contributed by atoms with Gasteiger partial charge < -0.3 is 14.7 Å². The van der Waals surface area contributed by atoms with E-state index in [1.165, 1.54) is 0 Å². The van der Waals surface area contributed by atoms with Crippen molar-refractivity contribution in [3.63, 3.8) is 0 Å². The molecule has 0 aliphatic carbocycles. The van der Waals surface area contributed by atoms with Crippen LogP contribution in [-0.2, 0) is 6.54 Å². The molecule has 0 bridgehead atoms. The Kier molecular flexibility index (Phi) is 3.24. The van der Waals surface area contributed by atoms with Crippen LogP contribution in [0.15, 0.2) is 49.2 Å². The maximum Gasteiger partial charge on any atom is 0.255 e. The fraction of sp³-hybridized carbons (Fsp3) is 0.0625. The smallest absolute Gasteiger partial charge is 0.255 e. The molecule has 0 aromatic carbocycles. The summed E-state index contributed by atoms with van der Waals surface area (Å²) in [5.41, 5.74) is 3.63. The minimum Gasteiger partial charge on any atom is -0.359 e. The van der Waals surface area contributed by atoms with Crippen molar-refractivity contribution >= 4 is 34.1 Å². The number of pyridine rings is 2. The highest BCUT2D eigenvalue weighted by atomic mass is 35.5. The Morgan fingerprint density at radius 3 is 3.17 bits per heavy atom. The quantitative estimate of drug-likeness (QED) is 0.608. The molecule has 0 saturated heterocycles. The first-order valence-corrected chi connectivity index (χ1v) is 7.41. The van der Waals surface area contributed by atoms with Gasteiger partial charge >= 0.3 is 0 Å². The highest BCUT2D eigenvalue weighted by Gasteiger charge is 2.13. The molecular formula is C16H12ClN5O. The van der Waals surface area contributed by atoms with Crippen molar-refractivity contribution in [3.8, 4) is 0 Å². The number of aromatic amines is 1. The predicted molar refractivity (Wildman–Crippen MR) is 87.5 cm³/mol. The summed E-state index contributed by atoms with van der Waals surface area (Å²) in [6, 6.07) is 7.31. The molecule has 0 aliphatic rings. The molecule has 2 N–H and O–H groups in total. The van der Waals surface area contributed by atoms with Gasteiger partial charge in [-0.15, -0.1) is 0 Å². The lowest BCUT2D eigenvalue weighted by Crippen LogP contribution is -2.23. The maximum atomic E-state index is 12.4. The van der Waals surface area contributed by atoms with Crippen molar-refractivity contribution in [3.05, 3.63) is 65.5 Å². The molecule has 6 nitrogen and oxygen atoms in total. The monoisotopic (exact) mass is 325 g/mol. The van der Waals surface area contributed by atoms with Crippen LogP contribution in [0.3, 0.4) is 0 Å². The third-order valence-electron chi connectivity index (χ3n) is 3.68. The summed E-state index contributed by atoms with van der Waals surface area (Å²) in [6.07, 6.45) is 6.85. The van der Waals surface area contributed by atoms with E-state index in [1.54, 1.807) is 24.8 Å². The molecule has 0 radical (unpaired) electrons. The van der Waals surface area contributed by atoms with Crippen LogP contribution in [-0.4, -0.2) is 25.3 Å². The van der Waals surface area contributed by atoms with Crippen LogP contribution in [0.2, 0.25) is 5.02 Å². The Labute approximate surface area is 136 Å². The van der Waals surface area contributed by atoms with Crippen LogP contribution >= 0.6 is 11.6 Å². The molecule has 1 amide bonds. The molecular weight excluding hydrogens is 314 g/mol. The van der Waals surface area contributed by atoms with Crippen molar-refractivity contribution < 1.29 is 4.79 Å². The highest BCUT2D eigenvalue weighted by Crippen LogP contribution is 2.17. The minimum atomic E-state index is -0.196. The second kappa shape index (κ2) is 5.40. The topological polar surface area (TPSA) is 75.1 Å².